The predicted octanol–water partition coefficient (Wildman–Crippen LogP) is -0.490. The van der Waals surface area contributed by atoms with Gasteiger partial charge in [-0.2, -0.15) is 0 Å². The molecule has 2 N–H and O–H groups in total. The fourth-order valence-electron chi connectivity index (χ4n) is 1.89. The van der Waals surface area contributed by atoms with Gasteiger partial charge in [-0.1, -0.05) is 12.1 Å². The Hall–Kier alpha value is -2.33. The van der Waals surface area contributed by atoms with Crippen LogP contribution in [0.15, 0.2) is 22.0 Å². The van der Waals surface area contributed by atoms with Crippen LogP contribution in [-0.2, 0) is 18.0 Å². The van der Waals surface area contributed by atoms with E-state index in [0.29, 0.717) is 6.42 Å². The number of ether oxygens (including phenoxy) is 1. The topological polar surface area (TPSA) is 115 Å². The fourth-order valence-corrected chi connectivity index (χ4v) is 1.89. The van der Waals surface area contributed by atoms with E-state index < -0.39 is 24.0 Å². The first kappa shape index (κ1) is 17.0. The van der Waals surface area contributed by atoms with Crippen molar-refractivity contribution in [1.82, 2.24) is 24.5 Å². The van der Waals surface area contributed by atoms with Crippen molar-refractivity contribution in [3.8, 4) is 11.3 Å². The zero-order valence-corrected chi connectivity index (χ0v) is 12.6. The third-order valence-corrected chi connectivity index (χ3v) is 3.25. The van der Waals surface area contributed by atoms with Crippen molar-refractivity contribution in [3.63, 3.8) is 0 Å². The van der Waals surface area contributed by atoms with Crippen molar-refractivity contribution in [1.29, 1.82) is 0 Å². The lowest BCUT2D eigenvalue weighted by molar-refractivity contribution is -0.0268. The van der Waals surface area contributed by atoms with Crippen LogP contribution < -0.4 is 11.2 Å². The fraction of sp³-hybridized carbons (Fsp3) is 0.538. The Bertz CT molecular complexity index is 749. The molecule has 9 nitrogen and oxygen atoms in total. The highest BCUT2D eigenvalue weighted by Gasteiger charge is 2.12. The van der Waals surface area contributed by atoms with Crippen molar-refractivity contribution >= 4 is 0 Å². The molecule has 2 rings (SSSR count). The number of hydrogen-bond donors (Lipinski definition) is 2. The average molecular weight is 327 g/mol. The predicted molar refractivity (Wildman–Crippen MR) is 78.6 cm³/mol. The van der Waals surface area contributed by atoms with Gasteiger partial charge >= 0.3 is 5.69 Å². The van der Waals surface area contributed by atoms with Crippen LogP contribution in [0.25, 0.3) is 11.3 Å². The molecule has 126 valence electrons. The summed E-state index contributed by atoms with van der Waals surface area (Å²) in [5.74, 6) is 0. The summed E-state index contributed by atoms with van der Waals surface area (Å²) in [7, 11) is 0. The monoisotopic (exact) mass is 327 g/mol. The smallest absolute Gasteiger partial charge is 0.330 e. The van der Waals surface area contributed by atoms with E-state index in [2.05, 4.69) is 15.3 Å². The van der Waals surface area contributed by atoms with Crippen molar-refractivity contribution in [2.75, 3.05) is 13.3 Å². The second kappa shape index (κ2) is 7.79. The maximum absolute atomic E-state index is 12.3. The van der Waals surface area contributed by atoms with E-state index in [1.165, 1.54) is 17.1 Å². The van der Waals surface area contributed by atoms with Gasteiger partial charge in [-0.15, -0.1) is 5.10 Å². The van der Waals surface area contributed by atoms with Crippen molar-refractivity contribution in [2.24, 2.45) is 0 Å². The van der Waals surface area contributed by atoms with Gasteiger partial charge in [0.15, 0.2) is 0 Å². The molecule has 2 aromatic heterocycles. The molecule has 0 saturated heterocycles. The summed E-state index contributed by atoms with van der Waals surface area (Å²) in [5, 5.41) is 16.6. The number of hydrogen-bond acceptors (Lipinski definition) is 6. The summed E-state index contributed by atoms with van der Waals surface area (Å²) in [5.41, 5.74) is -0.909. The minimum Gasteiger partial charge on any atom is -0.394 e. The van der Waals surface area contributed by atoms with Gasteiger partial charge in [0, 0.05) is 6.20 Å². The molecule has 0 aliphatic rings. The van der Waals surface area contributed by atoms with Crippen LogP contribution >= 0.6 is 0 Å². The molecule has 0 bridgehead atoms. The van der Waals surface area contributed by atoms with E-state index in [1.807, 2.05) is 6.92 Å². The molecule has 0 aliphatic heterocycles. The highest BCUT2D eigenvalue weighted by atomic mass is 19.1. The molecule has 0 fully saturated rings. The zero-order valence-electron chi connectivity index (χ0n) is 12.6. The summed E-state index contributed by atoms with van der Waals surface area (Å²) >= 11 is 0. The Morgan fingerprint density at radius 1 is 1.43 bits per heavy atom. The van der Waals surface area contributed by atoms with E-state index in [4.69, 9.17) is 9.84 Å². The molecule has 0 amide bonds. The summed E-state index contributed by atoms with van der Waals surface area (Å²) in [6, 6.07) is 0. The Morgan fingerprint density at radius 2 is 2.22 bits per heavy atom. The minimum absolute atomic E-state index is 0.0301. The molecule has 0 aromatic carbocycles. The van der Waals surface area contributed by atoms with Gasteiger partial charge in [-0.3, -0.25) is 14.3 Å². The third kappa shape index (κ3) is 4.11. The standard InChI is InChI=1S/C13H18FN5O4/c1-2-9(7-20)23-8-18-5-10(12(21)15-13(18)22)11-6-19(4-3-14)17-16-11/h5-6,9,20H,2-4,7-8H2,1H3,(H,15,21,22)/t9-/m0/s1. The second-order valence-electron chi connectivity index (χ2n) is 4.84. The number of H-pyrrole nitrogens is 1. The molecule has 1 atom stereocenters. The summed E-state index contributed by atoms with van der Waals surface area (Å²) in [6.07, 6.45) is 2.90. The maximum Gasteiger partial charge on any atom is 0.330 e. The third-order valence-electron chi connectivity index (χ3n) is 3.25. The molecular weight excluding hydrogens is 309 g/mol. The molecule has 0 saturated carbocycles. The first-order valence-electron chi connectivity index (χ1n) is 7.11. The number of alkyl halides is 1. The van der Waals surface area contributed by atoms with E-state index >= 15 is 0 Å². The SMILES string of the molecule is CC[C@@H](CO)OCn1cc(-c2cn(CCF)nn2)c(=O)[nH]c1=O. The van der Waals surface area contributed by atoms with Gasteiger partial charge in [0.05, 0.1) is 31.0 Å². The summed E-state index contributed by atoms with van der Waals surface area (Å²) < 4.78 is 20.1. The van der Waals surface area contributed by atoms with Crippen molar-refractivity contribution in [3.05, 3.63) is 33.2 Å². The number of aliphatic hydroxyl groups excluding tert-OH is 1. The van der Waals surface area contributed by atoms with Gasteiger partial charge in [0.25, 0.3) is 5.56 Å². The van der Waals surface area contributed by atoms with E-state index in [9.17, 15) is 14.0 Å². The number of aromatic amines is 1. The lowest BCUT2D eigenvalue weighted by atomic mass is 10.2. The number of nitrogens with zero attached hydrogens (tertiary/aromatic N) is 4. The quantitative estimate of drug-likeness (QED) is 0.676. The van der Waals surface area contributed by atoms with Gasteiger partial charge in [0.2, 0.25) is 0 Å². The Labute approximate surface area is 130 Å². The van der Waals surface area contributed by atoms with Gasteiger partial charge < -0.3 is 9.84 Å². The molecule has 0 unspecified atom stereocenters. The molecule has 0 spiro atoms. The molecule has 2 heterocycles. The van der Waals surface area contributed by atoms with Crippen molar-refractivity contribution < 1.29 is 14.2 Å². The summed E-state index contributed by atoms with van der Waals surface area (Å²) in [4.78, 5) is 25.9. The van der Waals surface area contributed by atoms with Crippen LogP contribution in [0.1, 0.15) is 13.3 Å². The lowest BCUT2D eigenvalue weighted by Crippen LogP contribution is -2.32. The molecule has 0 radical (unpaired) electrons. The Balaban J connectivity index is 2.28. The number of aromatic nitrogens is 5. The molecular formula is C13H18FN5O4. The second-order valence-corrected chi connectivity index (χ2v) is 4.84. The Kier molecular flexibility index (Phi) is 5.77. The number of aryl methyl sites for hydroxylation is 1. The Morgan fingerprint density at radius 3 is 2.87 bits per heavy atom. The van der Waals surface area contributed by atoms with Gasteiger partial charge in [0.1, 0.15) is 19.1 Å². The highest BCUT2D eigenvalue weighted by Crippen LogP contribution is 2.09. The normalized spacial score (nSPS) is 12.5. The molecule has 2 aromatic rings. The minimum atomic E-state index is -0.636. The number of aliphatic hydroxyl groups is 1. The maximum atomic E-state index is 12.3. The summed E-state index contributed by atoms with van der Waals surface area (Å²) in [6.45, 7) is 0.971. The molecule has 10 heteroatoms. The first-order valence-corrected chi connectivity index (χ1v) is 7.11. The van der Waals surface area contributed by atoms with Gasteiger partial charge in [-0.25, -0.2) is 13.9 Å². The number of rotatable bonds is 8. The first-order chi connectivity index (χ1) is 11.1. The number of nitrogens with one attached hydrogen (secondary N) is 1. The average Bonchev–Trinajstić information content (AvgIpc) is 2.99. The van der Waals surface area contributed by atoms with E-state index in [1.54, 1.807) is 0 Å². The van der Waals surface area contributed by atoms with E-state index in [0.717, 1.165) is 4.57 Å². The highest BCUT2D eigenvalue weighted by molar-refractivity contribution is 5.54. The molecule has 0 aliphatic carbocycles. The van der Waals surface area contributed by atoms with Gasteiger partial charge in [-0.05, 0) is 6.42 Å². The molecule has 23 heavy (non-hydrogen) atoms. The number of halogens is 1. The zero-order chi connectivity index (χ0) is 16.8. The lowest BCUT2D eigenvalue weighted by Gasteiger charge is -2.14. The van der Waals surface area contributed by atoms with Crippen LogP contribution in [0.4, 0.5) is 4.39 Å². The van der Waals surface area contributed by atoms with Crippen LogP contribution in [-0.4, -0.2) is 49.0 Å². The van der Waals surface area contributed by atoms with E-state index in [-0.39, 0.29) is 31.1 Å². The largest absolute Gasteiger partial charge is 0.394 e. The van der Waals surface area contributed by atoms with Crippen LogP contribution in [0.2, 0.25) is 0 Å². The van der Waals surface area contributed by atoms with Crippen LogP contribution in [0, 0.1) is 0 Å². The van der Waals surface area contributed by atoms with Crippen molar-refractivity contribution in [2.45, 2.75) is 32.7 Å². The van der Waals surface area contributed by atoms with Crippen LogP contribution in [0.3, 0.4) is 0 Å². The van der Waals surface area contributed by atoms with Crippen LogP contribution in [0.5, 0.6) is 0 Å².